The van der Waals surface area contributed by atoms with Gasteiger partial charge in [-0.1, -0.05) is 46.8 Å². The van der Waals surface area contributed by atoms with Crippen LogP contribution < -0.4 is 0 Å². The molecule has 1 unspecified atom stereocenters. The van der Waals surface area contributed by atoms with Crippen LogP contribution in [-0.2, 0) is 9.53 Å². The highest BCUT2D eigenvalue weighted by Gasteiger charge is 2.28. The summed E-state index contributed by atoms with van der Waals surface area (Å²) in [6.45, 7) is 16.9. The Morgan fingerprint density at radius 1 is 1.31 bits per heavy atom. The number of hydrogen-bond acceptors (Lipinski definition) is 2. The van der Waals surface area contributed by atoms with E-state index < -0.39 is 0 Å². The van der Waals surface area contributed by atoms with Gasteiger partial charge in [0, 0.05) is 0 Å². The third-order valence-electron chi connectivity index (χ3n) is 2.40. The highest BCUT2D eigenvalue weighted by atomic mass is 16.5. The molecule has 0 spiro atoms. The summed E-state index contributed by atoms with van der Waals surface area (Å²) >= 11 is 0. The first-order chi connectivity index (χ1) is 7.19. The van der Waals surface area contributed by atoms with Crippen LogP contribution in [0.4, 0.5) is 0 Å². The topological polar surface area (TPSA) is 26.3 Å². The van der Waals surface area contributed by atoms with Crippen molar-refractivity contribution in [3.05, 3.63) is 12.2 Å². The number of carbonyl (C=O) groups excluding carboxylic acids is 1. The molecule has 0 aliphatic rings. The van der Waals surface area contributed by atoms with Gasteiger partial charge in [0.2, 0.25) is 0 Å². The summed E-state index contributed by atoms with van der Waals surface area (Å²) in [5, 5.41) is 0. The minimum Gasteiger partial charge on any atom is -0.466 e. The summed E-state index contributed by atoms with van der Waals surface area (Å²) in [7, 11) is 0. The molecule has 2 heteroatoms. The van der Waals surface area contributed by atoms with Crippen molar-refractivity contribution in [2.45, 2.75) is 48.0 Å². The quantitative estimate of drug-likeness (QED) is 0.526. The molecule has 0 radical (unpaired) electrons. The van der Waals surface area contributed by atoms with Gasteiger partial charge >= 0.3 is 5.97 Å². The summed E-state index contributed by atoms with van der Waals surface area (Å²) < 4.78 is 5.10. The molecule has 2 nitrogen and oxygen atoms in total. The molecular formula is C14H26O2. The second-order valence-electron chi connectivity index (χ2n) is 5.87. The molecule has 0 fully saturated rings. The van der Waals surface area contributed by atoms with Gasteiger partial charge in [-0.2, -0.15) is 0 Å². The fourth-order valence-electron chi connectivity index (χ4n) is 1.93. The zero-order chi connectivity index (χ0) is 12.9. The maximum absolute atomic E-state index is 11.8. The van der Waals surface area contributed by atoms with Crippen molar-refractivity contribution in [2.75, 3.05) is 6.61 Å². The molecule has 0 aromatic rings. The smallest absolute Gasteiger partial charge is 0.313 e. The normalized spacial score (nSPS) is 13.7. The van der Waals surface area contributed by atoms with Gasteiger partial charge in [-0.15, -0.1) is 0 Å². The van der Waals surface area contributed by atoms with Gasteiger partial charge in [-0.3, -0.25) is 4.79 Å². The molecular weight excluding hydrogens is 200 g/mol. The van der Waals surface area contributed by atoms with Gasteiger partial charge in [0.25, 0.3) is 0 Å². The number of esters is 1. The molecule has 0 saturated heterocycles. The molecule has 0 heterocycles. The van der Waals surface area contributed by atoms with Crippen molar-refractivity contribution in [1.82, 2.24) is 0 Å². The first-order valence-electron chi connectivity index (χ1n) is 6.03. The van der Waals surface area contributed by atoms with Crippen molar-refractivity contribution in [3.8, 4) is 0 Å². The molecule has 94 valence electrons. The van der Waals surface area contributed by atoms with E-state index in [2.05, 4.69) is 27.4 Å². The van der Waals surface area contributed by atoms with E-state index in [1.165, 1.54) is 0 Å². The lowest BCUT2D eigenvalue weighted by Gasteiger charge is -2.26. The summed E-state index contributed by atoms with van der Waals surface area (Å²) in [4.78, 5) is 11.8. The standard InChI is InChI=1S/C14H26O2/c1-8-16-13(15)12(10(2)3)11(4)9-14(5,6)7/h10,12H,4,8-9H2,1-3,5-7H3. The SMILES string of the molecule is C=C(CC(C)(C)C)C(C(=O)OCC)C(C)C. The zero-order valence-corrected chi connectivity index (χ0v) is 11.6. The van der Waals surface area contributed by atoms with Crippen LogP contribution in [0.25, 0.3) is 0 Å². The molecule has 0 amide bonds. The Morgan fingerprint density at radius 2 is 1.81 bits per heavy atom. The van der Waals surface area contributed by atoms with Crippen LogP contribution >= 0.6 is 0 Å². The molecule has 0 aromatic carbocycles. The van der Waals surface area contributed by atoms with Crippen LogP contribution in [-0.4, -0.2) is 12.6 Å². The Hall–Kier alpha value is -0.790. The van der Waals surface area contributed by atoms with E-state index in [4.69, 9.17) is 4.74 Å². The van der Waals surface area contributed by atoms with Crippen molar-refractivity contribution in [2.24, 2.45) is 17.3 Å². The van der Waals surface area contributed by atoms with Crippen molar-refractivity contribution in [3.63, 3.8) is 0 Å². The summed E-state index contributed by atoms with van der Waals surface area (Å²) in [6, 6.07) is 0. The van der Waals surface area contributed by atoms with Gasteiger partial charge in [0.1, 0.15) is 0 Å². The maximum Gasteiger partial charge on any atom is 0.313 e. The Bertz CT molecular complexity index is 246. The Labute approximate surface area is 100 Å². The van der Waals surface area contributed by atoms with Gasteiger partial charge in [-0.25, -0.2) is 0 Å². The Kier molecular flexibility index (Phi) is 5.77. The van der Waals surface area contributed by atoms with Crippen LogP contribution in [0.3, 0.4) is 0 Å². The average Bonchev–Trinajstić information content (AvgIpc) is 1.99. The molecule has 1 atom stereocenters. The fourth-order valence-corrected chi connectivity index (χ4v) is 1.93. The monoisotopic (exact) mass is 226 g/mol. The lowest BCUT2D eigenvalue weighted by molar-refractivity contribution is -0.148. The highest BCUT2D eigenvalue weighted by Crippen LogP contribution is 2.31. The van der Waals surface area contributed by atoms with Gasteiger partial charge in [-0.05, 0) is 24.7 Å². The lowest BCUT2D eigenvalue weighted by Crippen LogP contribution is -2.26. The van der Waals surface area contributed by atoms with Gasteiger partial charge in [0.05, 0.1) is 12.5 Å². The van der Waals surface area contributed by atoms with Crippen LogP contribution in [0.1, 0.15) is 48.0 Å². The van der Waals surface area contributed by atoms with Gasteiger partial charge in [0.15, 0.2) is 0 Å². The van der Waals surface area contributed by atoms with E-state index >= 15 is 0 Å². The van der Waals surface area contributed by atoms with Crippen LogP contribution in [0, 0.1) is 17.3 Å². The number of carbonyl (C=O) groups is 1. The molecule has 0 N–H and O–H groups in total. The summed E-state index contributed by atoms with van der Waals surface area (Å²) in [6.07, 6.45) is 0.856. The van der Waals surface area contributed by atoms with E-state index in [1.54, 1.807) is 0 Å². The second kappa shape index (κ2) is 6.07. The minimum absolute atomic E-state index is 0.133. The van der Waals surface area contributed by atoms with Crippen LogP contribution in [0.5, 0.6) is 0 Å². The fraction of sp³-hybridized carbons (Fsp3) is 0.786. The number of hydrogen-bond donors (Lipinski definition) is 0. The lowest BCUT2D eigenvalue weighted by atomic mass is 9.79. The molecule has 0 aromatic heterocycles. The molecule has 16 heavy (non-hydrogen) atoms. The zero-order valence-electron chi connectivity index (χ0n) is 11.6. The maximum atomic E-state index is 11.8. The summed E-state index contributed by atoms with van der Waals surface area (Å²) in [5.41, 5.74) is 1.15. The first-order valence-corrected chi connectivity index (χ1v) is 6.03. The Balaban J connectivity index is 4.67. The predicted molar refractivity (Wildman–Crippen MR) is 68.2 cm³/mol. The van der Waals surface area contributed by atoms with Crippen LogP contribution in [0.2, 0.25) is 0 Å². The van der Waals surface area contributed by atoms with Gasteiger partial charge < -0.3 is 4.74 Å². The third-order valence-corrected chi connectivity index (χ3v) is 2.40. The summed E-state index contributed by atoms with van der Waals surface area (Å²) in [5.74, 6) is -0.0557. The Morgan fingerprint density at radius 3 is 2.12 bits per heavy atom. The minimum atomic E-state index is -0.167. The van der Waals surface area contributed by atoms with E-state index in [0.717, 1.165) is 12.0 Å². The predicted octanol–water partition coefficient (Wildman–Crippen LogP) is 3.81. The first kappa shape index (κ1) is 15.2. The molecule has 0 bridgehead atoms. The molecule has 0 aliphatic heterocycles. The van der Waals surface area contributed by atoms with E-state index in [1.807, 2.05) is 20.8 Å². The van der Waals surface area contributed by atoms with Crippen molar-refractivity contribution >= 4 is 5.97 Å². The second-order valence-corrected chi connectivity index (χ2v) is 5.87. The van der Waals surface area contributed by atoms with Crippen molar-refractivity contribution < 1.29 is 9.53 Å². The highest BCUT2D eigenvalue weighted by molar-refractivity contribution is 5.76. The largest absolute Gasteiger partial charge is 0.466 e. The molecule has 0 aliphatic carbocycles. The average molecular weight is 226 g/mol. The number of rotatable bonds is 5. The van der Waals surface area contributed by atoms with E-state index in [9.17, 15) is 4.79 Å². The van der Waals surface area contributed by atoms with Crippen LogP contribution in [0.15, 0.2) is 12.2 Å². The third kappa shape index (κ3) is 5.34. The molecule has 0 rings (SSSR count). The van der Waals surface area contributed by atoms with E-state index in [-0.39, 0.29) is 23.2 Å². The van der Waals surface area contributed by atoms with E-state index in [0.29, 0.717) is 6.61 Å². The molecule has 0 saturated carbocycles. The van der Waals surface area contributed by atoms with Crippen molar-refractivity contribution in [1.29, 1.82) is 0 Å². The number of ether oxygens (including phenoxy) is 1.